The molecule has 2 atom stereocenters. The Morgan fingerprint density at radius 3 is 2.30 bits per heavy atom. The number of carbonyl (C=O) groups excluding carboxylic acids is 1. The molecule has 3 aliphatic rings. The van der Waals surface area contributed by atoms with Crippen molar-refractivity contribution in [1.29, 1.82) is 0 Å². The van der Waals surface area contributed by atoms with Crippen molar-refractivity contribution in [3.05, 3.63) is 0 Å². The summed E-state index contributed by atoms with van der Waals surface area (Å²) in [5.41, 5.74) is 0.195. The molecule has 2 saturated heterocycles. The van der Waals surface area contributed by atoms with Crippen molar-refractivity contribution < 1.29 is 4.79 Å². The van der Waals surface area contributed by atoms with Crippen LogP contribution in [0.4, 0.5) is 0 Å². The molecule has 0 aromatic rings. The summed E-state index contributed by atoms with van der Waals surface area (Å²) in [6, 6.07) is 1.37. The Morgan fingerprint density at radius 2 is 1.74 bits per heavy atom. The minimum absolute atomic E-state index is 0. The van der Waals surface area contributed by atoms with Crippen molar-refractivity contribution in [2.75, 3.05) is 20.6 Å². The number of likely N-dealkylation sites (N-methyl/N-ethyl adjacent to an activating group) is 1. The van der Waals surface area contributed by atoms with Gasteiger partial charge in [-0.15, -0.1) is 12.4 Å². The molecule has 1 amide bonds. The van der Waals surface area contributed by atoms with Crippen LogP contribution in [0.2, 0.25) is 0 Å². The SMILES string of the molecule is CN(C)C1(CNC(=O)CC2CC3CCC(C2)N3)CCCCC1.Cl. The predicted octanol–water partition coefficient (Wildman–Crippen LogP) is 2.71. The van der Waals surface area contributed by atoms with Crippen molar-refractivity contribution in [2.24, 2.45) is 5.92 Å². The third kappa shape index (κ3) is 4.61. The van der Waals surface area contributed by atoms with Gasteiger partial charge in [-0.3, -0.25) is 4.79 Å². The van der Waals surface area contributed by atoms with E-state index in [0.717, 1.165) is 13.0 Å². The summed E-state index contributed by atoms with van der Waals surface area (Å²) < 4.78 is 0. The van der Waals surface area contributed by atoms with Crippen LogP contribution in [0.1, 0.15) is 64.2 Å². The van der Waals surface area contributed by atoms with Crippen molar-refractivity contribution in [3.63, 3.8) is 0 Å². The molecule has 2 heterocycles. The highest BCUT2D eigenvalue weighted by Crippen LogP contribution is 2.33. The number of nitrogens with one attached hydrogen (secondary N) is 2. The summed E-state index contributed by atoms with van der Waals surface area (Å²) in [6.07, 6.45) is 12.1. The highest BCUT2D eigenvalue weighted by atomic mass is 35.5. The van der Waals surface area contributed by atoms with E-state index in [-0.39, 0.29) is 23.9 Å². The fourth-order valence-corrected chi connectivity index (χ4v) is 4.93. The van der Waals surface area contributed by atoms with E-state index in [4.69, 9.17) is 0 Å². The van der Waals surface area contributed by atoms with E-state index in [1.165, 1.54) is 57.8 Å². The lowest BCUT2D eigenvalue weighted by Crippen LogP contribution is -2.54. The van der Waals surface area contributed by atoms with E-state index in [9.17, 15) is 4.79 Å². The summed E-state index contributed by atoms with van der Waals surface area (Å²) >= 11 is 0. The van der Waals surface area contributed by atoms with Gasteiger partial charge in [0.25, 0.3) is 0 Å². The number of amides is 1. The molecule has 2 unspecified atom stereocenters. The molecule has 23 heavy (non-hydrogen) atoms. The number of halogens is 1. The number of nitrogens with zero attached hydrogens (tertiary/aromatic N) is 1. The fraction of sp³-hybridized carbons (Fsp3) is 0.944. The maximum Gasteiger partial charge on any atom is 0.220 e. The Morgan fingerprint density at radius 1 is 1.13 bits per heavy atom. The Hall–Kier alpha value is -0.320. The second-order valence-corrected chi connectivity index (χ2v) is 8.14. The van der Waals surface area contributed by atoms with Gasteiger partial charge in [-0.25, -0.2) is 0 Å². The van der Waals surface area contributed by atoms with Crippen molar-refractivity contribution in [3.8, 4) is 0 Å². The molecule has 4 nitrogen and oxygen atoms in total. The molecule has 1 saturated carbocycles. The zero-order valence-electron chi connectivity index (χ0n) is 14.8. The normalized spacial score (nSPS) is 32.4. The monoisotopic (exact) mass is 343 g/mol. The summed E-state index contributed by atoms with van der Waals surface area (Å²) in [5, 5.41) is 6.93. The molecule has 0 radical (unpaired) electrons. The van der Waals surface area contributed by atoms with Crippen molar-refractivity contribution in [2.45, 2.75) is 81.8 Å². The molecule has 1 aliphatic carbocycles. The van der Waals surface area contributed by atoms with E-state index < -0.39 is 0 Å². The Bertz CT molecular complexity index is 384. The van der Waals surface area contributed by atoms with Gasteiger partial charge < -0.3 is 15.5 Å². The van der Waals surface area contributed by atoms with Crippen LogP contribution in [0.5, 0.6) is 0 Å². The van der Waals surface area contributed by atoms with Crippen LogP contribution in [0, 0.1) is 5.92 Å². The molecule has 0 spiro atoms. The van der Waals surface area contributed by atoms with Crippen LogP contribution < -0.4 is 10.6 Å². The lowest BCUT2D eigenvalue weighted by atomic mass is 9.80. The summed E-state index contributed by atoms with van der Waals surface area (Å²) in [7, 11) is 4.34. The highest BCUT2D eigenvalue weighted by Gasteiger charge is 2.36. The Balaban J connectivity index is 0.00000192. The topological polar surface area (TPSA) is 44.4 Å². The van der Waals surface area contributed by atoms with E-state index in [1.807, 2.05) is 0 Å². The number of carbonyl (C=O) groups is 1. The van der Waals surface area contributed by atoms with Crippen LogP contribution in [0.15, 0.2) is 0 Å². The van der Waals surface area contributed by atoms with Crippen LogP contribution in [0.25, 0.3) is 0 Å². The second-order valence-electron chi connectivity index (χ2n) is 8.14. The van der Waals surface area contributed by atoms with Gasteiger partial charge in [0, 0.05) is 30.6 Å². The van der Waals surface area contributed by atoms with Crippen LogP contribution >= 0.6 is 12.4 Å². The van der Waals surface area contributed by atoms with Gasteiger partial charge in [-0.05, 0) is 58.5 Å². The molecule has 0 aromatic carbocycles. The number of piperidine rings is 1. The predicted molar refractivity (Wildman–Crippen MR) is 97.0 cm³/mol. The van der Waals surface area contributed by atoms with Crippen LogP contribution in [0.3, 0.4) is 0 Å². The zero-order chi connectivity index (χ0) is 15.6. The molecule has 2 aliphatic heterocycles. The summed E-state index contributed by atoms with van der Waals surface area (Å²) in [4.78, 5) is 14.7. The highest BCUT2D eigenvalue weighted by molar-refractivity contribution is 5.85. The fourth-order valence-electron chi connectivity index (χ4n) is 4.93. The molecule has 5 heteroatoms. The lowest BCUT2D eigenvalue weighted by molar-refractivity contribution is -0.123. The minimum Gasteiger partial charge on any atom is -0.354 e. The largest absolute Gasteiger partial charge is 0.354 e. The minimum atomic E-state index is 0. The molecule has 134 valence electrons. The molecular formula is C18H34ClN3O. The first kappa shape index (κ1) is 19.0. The van der Waals surface area contributed by atoms with E-state index in [0.29, 0.717) is 18.0 Å². The molecule has 2 bridgehead atoms. The number of rotatable bonds is 5. The Labute approximate surface area is 147 Å². The molecule has 2 N–H and O–H groups in total. The quantitative estimate of drug-likeness (QED) is 0.806. The summed E-state index contributed by atoms with van der Waals surface area (Å²) in [5.74, 6) is 0.874. The van der Waals surface area contributed by atoms with E-state index in [1.54, 1.807) is 0 Å². The number of hydrogen-bond donors (Lipinski definition) is 2. The third-order valence-electron chi connectivity index (χ3n) is 6.39. The van der Waals surface area contributed by atoms with Gasteiger partial charge >= 0.3 is 0 Å². The average Bonchev–Trinajstić information content (AvgIpc) is 2.85. The van der Waals surface area contributed by atoms with E-state index in [2.05, 4.69) is 29.6 Å². The molecule has 3 rings (SSSR count). The lowest BCUT2D eigenvalue weighted by Gasteiger charge is -2.43. The van der Waals surface area contributed by atoms with E-state index >= 15 is 0 Å². The summed E-state index contributed by atoms with van der Waals surface area (Å²) in [6.45, 7) is 0.830. The first-order valence-electron chi connectivity index (χ1n) is 9.28. The molecule has 0 aromatic heterocycles. The maximum atomic E-state index is 12.4. The first-order chi connectivity index (χ1) is 10.6. The second kappa shape index (κ2) is 8.17. The zero-order valence-corrected chi connectivity index (χ0v) is 15.6. The number of hydrogen-bond acceptors (Lipinski definition) is 3. The van der Waals surface area contributed by atoms with Gasteiger partial charge in [0.2, 0.25) is 5.91 Å². The first-order valence-corrected chi connectivity index (χ1v) is 9.28. The standard InChI is InChI=1S/C18H33N3O.ClH/c1-21(2)18(8-4-3-5-9-18)13-19-17(22)12-14-10-15-6-7-16(11-14)20-15;/h14-16,20H,3-13H2,1-2H3,(H,19,22);1H. The van der Waals surface area contributed by atoms with Crippen LogP contribution in [-0.2, 0) is 4.79 Å². The van der Waals surface area contributed by atoms with Gasteiger partial charge in [0.15, 0.2) is 0 Å². The van der Waals surface area contributed by atoms with Crippen molar-refractivity contribution >= 4 is 18.3 Å². The van der Waals surface area contributed by atoms with Gasteiger partial charge in [-0.2, -0.15) is 0 Å². The third-order valence-corrected chi connectivity index (χ3v) is 6.39. The average molecular weight is 344 g/mol. The van der Waals surface area contributed by atoms with Gasteiger partial charge in [-0.1, -0.05) is 19.3 Å². The van der Waals surface area contributed by atoms with Crippen LogP contribution in [-0.4, -0.2) is 49.1 Å². The van der Waals surface area contributed by atoms with Gasteiger partial charge in [0.05, 0.1) is 0 Å². The Kier molecular flexibility index (Phi) is 6.76. The smallest absolute Gasteiger partial charge is 0.220 e. The van der Waals surface area contributed by atoms with Crippen molar-refractivity contribution in [1.82, 2.24) is 15.5 Å². The number of fused-ring (bicyclic) bond motifs is 2. The maximum absolute atomic E-state index is 12.4. The molecule has 3 fully saturated rings. The molecular weight excluding hydrogens is 310 g/mol. The van der Waals surface area contributed by atoms with Gasteiger partial charge in [0.1, 0.15) is 0 Å².